The second-order valence-electron chi connectivity index (χ2n) is 8.65. The van der Waals surface area contributed by atoms with Gasteiger partial charge < -0.3 is 35.5 Å². The maximum absolute atomic E-state index is 9.75. The van der Waals surface area contributed by atoms with Crippen molar-refractivity contribution in [1.29, 1.82) is 0 Å². The summed E-state index contributed by atoms with van der Waals surface area (Å²) < 4.78 is 46.3. The summed E-state index contributed by atoms with van der Waals surface area (Å²) in [5.41, 5.74) is 2.66. The monoisotopic (exact) mass is 790 g/mol. The Balaban J connectivity index is 0. The topological polar surface area (TPSA) is 17.6 Å². The van der Waals surface area contributed by atoms with Crippen LogP contribution in [-0.4, -0.2) is 20.7 Å². The van der Waals surface area contributed by atoms with Crippen molar-refractivity contribution in [2.45, 2.75) is 43.1 Å². The second kappa shape index (κ2) is 25.7. The van der Waals surface area contributed by atoms with Gasteiger partial charge in [-0.1, -0.05) is 59.1 Å². The molecule has 0 N–H and O–H groups in total. The quantitative estimate of drug-likeness (QED) is 0.0504. The number of aromatic nitrogens is 4. The molecule has 2 aromatic heterocycles. The Bertz CT molecular complexity index is 1130. The summed E-state index contributed by atoms with van der Waals surface area (Å²) in [5.74, 6) is 0. The smallest absolute Gasteiger partial charge is 0.418 e. The first-order valence-electron chi connectivity index (χ1n) is 12.8. The predicted molar refractivity (Wildman–Crippen MR) is 159 cm³/mol. The minimum absolute atomic E-state index is 0. The van der Waals surface area contributed by atoms with Gasteiger partial charge in [0.25, 0.3) is 0 Å². The zero-order chi connectivity index (χ0) is 30.5. The normalized spacial score (nSPS) is 13.3. The van der Waals surface area contributed by atoms with E-state index in [4.69, 9.17) is 34.8 Å². The molecule has 0 saturated heterocycles. The largest absolute Gasteiger partial charge is 2.00 e. The molecular weight excluding hydrogens is 756 g/mol. The van der Waals surface area contributed by atoms with Crippen LogP contribution in [0.5, 0.6) is 0 Å². The van der Waals surface area contributed by atoms with Gasteiger partial charge >= 0.3 is 24.3 Å². The van der Waals surface area contributed by atoms with Crippen LogP contribution in [0.15, 0.2) is 97.6 Å². The Labute approximate surface area is 291 Å². The van der Waals surface area contributed by atoms with Crippen molar-refractivity contribution in [1.82, 2.24) is 9.13 Å². The van der Waals surface area contributed by atoms with Crippen LogP contribution < -0.4 is 9.13 Å². The third kappa shape index (κ3) is 26.5. The van der Waals surface area contributed by atoms with Crippen LogP contribution in [0.1, 0.15) is 36.8 Å². The van der Waals surface area contributed by atoms with E-state index in [2.05, 4.69) is 64.3 Å². The van der Waals surface area contributed by atoms with Crippen molar-refractivity contribution in [2.75, 3.05) is 0 Å². The second-order valence-corrected chi connectivity index (χ2v) is 10.6. The number of imidazole rings is 2. The van der Waals surface area contributed by atoms with Gasteiger partial charge in [0.2, 0.25) is 12.7 Å². The summed E-state index contributed by atoms with van der Waals surface area (Å²) in [5, 5.41) is 0. The Morgan fingerprint density at radius 3 is 1.81 bits per heavy atom. The van der Waals surface area contributed by atoms with Gasteiger partial charge in [-0.3, -0.25) is 0 Å². The number of hydrogen-bond acceptors (Lipinski definition) is 0. The number of halogens is 7. The maximum Gasteiger partial charge on any atom is 2.00 e. The SMILES string of the molecule is C1=C\CC/C=C\CC/1.ClC(Cl)Cl.Cn1[c-][n+](Cc2ccc[c-]2Cn2[c-][n+](C)cc2)cc1.F[B-](F)(F)F.[Fe+2].[Rh].c1cc[cH-]c1. The molecule has 1 aliphatic carbocycles. The van der Waals surface area contributed by atoms with Crippen LogP contribution in [0, 0.1) is 12.7 Å². The Morgan fingerprint density at radius 1 is 0.930 bits per heavy atom. The summed E-state index contributed by atoms with van der Waals surface area (Å²) in [6.07, 6.45) is 28.5. The van der Waals surface area contributed by atoms with Crippen molar-refractivity contribution in [2.24, 2.45) is 14.1 Å². The average Bonchev–Trinajstić information content (AvgIpc) is 3.65. The van der Waals surface area contributed by atoms with E-state index < -0.39 is 11.5 Å². The Kier molecular flexibility index (Phi) is 26.0. The van der Waals surface area contributed by atoms with Gasteiger partial charge in [-0.05, 0) is 50.5 Å². The first-order chi connectivity index (χ1) is 19.4. The maximum atomic E-state index is 9.75. The molecule has 0 bridgehead atoms. The van der Waals surface area contributed by atoms with Crippen LogP contribution in [0.3, 0.4) is 0 Å². The molecule has 0 unspecified atom stereocenters. The molecule has 43 heavy (non-hydrogen) atoms. The molecule has 0 fully saturated rings. The molecule has 4 aromatic rings. The standard InChI is InChI=1S/C15H17N4.C8H12.C5H5.CHCl3.BF4.Fe.Rh/c1-16-6-8-18(12-16)10-14-4-3-5-15(14)11-19-9-7-17(2)13-19;1-2-4-6-8-7-5-3-1;1-2-4-5-3-1;2-1(3)4;2-1(3,4)5;;/h3-9H,10-11H2,1-2H3;1-2,7-8H,3-6H2;1-5H;1H;;;/q-1;;-1;;-1;+2;/b;2-1-,8-7-;;;;;. The third-order valence-corrected chi connectivity index (χ3v) is 5.09. The Morgan fingerprint density at radius 2 is 1.44 bits per heavy atom. The van der Waals surface area contributed by atoms with E-state index in [1.54, 1.807) is 0 Å². The van der Waals surface area contributed by atoms with Crippen molar-refractivity contribution >= 4 is 42.1 Å². The van der Waals surface area contributed by atoms with E-state index in [0.717, 1.165) is 13.1 Å². The third-order valence-electron chi connectivity index (χ3n) is 5.09. The van der Waals surface area contributed by atoms with Crippen LogP contribution in [0.2, 0.25) is 0 Å². The van der Waals surface area contributed by atoms with E-state index in [-0.39, 0.29) is 36.5 Å². The number of aryl methyl sites for hydroxylation is 2. The van der Waals surface area contributed by atoms with Crippen LogP contribution in [-0.2, 0) is 63.7 Å². The molecule has 0 amide bonds. The molecule has 0 saturated carbocycles. The number of alkyl halides is 3. The molecule has 2 aromatic carbocycles. The number of rotatable bonds is 4. The van der Waals surface area contributed by atoms with Gasteiger partial charge in [0, 0.05) is 26.0 Å². The summed E-state index contributed by atoms with van der Waals surface area (Å²) in [4.78, 5) is 0. The first-order valence-corrected chi connectivity index (χ1v) is 14.1. The average molecular weight is 792 g/mol. The molecule has 241 valence electrons. The Hall–Kier alpha value is -1.60. The molecule has 1 radical (unpaired) electrons. The number of hydrogen-bond donors (Lipinski definition) is 0. The molecule has 1 aliphatic rings. The fourth-order valence-corrected chi connectivity index (χ4v) is 3.42. The van der Waals surface area contributed by atoms with Crippen LogP contribution >= 0.6 is 34.8 Å². The van der Waals surface area contributed by atoms with Crippen molar-refractivity contribution in [3.05, 3.63) is 121 Å². The minimum atomic E-state index is -6.00. The minimum Gasteiger partial charge on any atom is -0.418 e. The van der Waals surface area contributed by atoms with E-state index >= 15 is 0 Å². The molecule has 5 rings (SSSR count). The van der Waals surface area contributed by atoms with Gasteiger partial charge in [-0.25, -0.2) is 24.3 Å². The molecule has 4 nitrogen and oxygen atoms in total. The summed E-state index contributed by atoms with van der Waals surface area (Å²) in [7, 11) is -2.03. The zero-order valence-corrected chi connectivity index (χ0v) is 28.8. The summed E-state index contributed by atoms with van der Waals surface area (Å²) in [6, 6.07) is 16.5. The molecule has 0 atom stereocenters. The first kappa shape index (κ1) is 43.5. The summed E-state index contributed by atoms with van der Waals surface area (Å²) in [6.45, 7) is 1.72. The fraction of sp³-hybridized carbons (Fsp3) is 0.310. The van der Waals surface area contributed by atoms with Gasteiger partial charge in [0.05, 0.1) is 20.6 Å². The van der Waals surface area contributed by atoms with Gasteiger partial charge in [0.15, 0.2) is 4.30 Å². The van der Waals surface area contributed by atoms with Crippen molar-refractivity contribution in [3.63, 3.8) is 0 Å². The predicted octanol–water partition coefficient (Wildman–Crippen LogP) is 7.71. The summed E-state index contributed by atoms with van der Waals surface area (Å²) >= 11 is 14.4. The van der Waals surface area contributed by atoms with Gasteiger partial charge in [-0.15, -0.1) is 11.1 Å². The van der Waals surface area contributed by atoms with Gasteiger partial charge in [0.1, 0.15) is 0 Å². The van der Waals surface area contributed by atoms with Gasteiger partial charge in [-0.2, -0.15) is 24.3 Å². The fourth-order valence-electron chi connectivity index (χ4n) is 3.42. The number of nitrogens with zero attached hydrogens (tertiary/aromatic N) is 4. The number of allylic oxidation sites excluding steroid dienone is 4. The molecule has 0 spiro atoms. The molecule has 0 aliphatic heterocycles. The van der Waals surface area contributed by atoms with E-state index in [9.17, 15) is 17.3 Å². The van der Waals surface area contributed by atoms with Crippen LogP contribution in [0.25, 0.3) is 0 Å². The molecule has 2 heterocycles. The molecule has 14 heteroatoms. The van der Waals surface area contributed by atoms with E-state index in [1.165, 1.54) is 36.8 Å². The zero-order valence-electron chi connectivity index (χ0n) is 23.8. The van der Waals surface area contributed by atoms with E-state index in [0.29, 0.717) is 0 Å². The van der Waals surface area contributed by atoms with E-state index in [1.807, 2.05) is 78.3 Å². The molecular formula is C29H35BCl3F4FeN4Rh-. The van der Waals surface area contributed by atoms with Crippen molar-refractivity contribution < 1.29 is 62.9 Å². The van der Waals surface area contributed by atoms with Crippen molar-refractivity contribution in [3.8, 4) is 0 Å². The van der Waals surface area contributed by atoms with Crippen LogP contribution in [0.4, 0.5) is 17.3 Å².